The second-order valence-electron chi connectivity index (χ2n) is 6.67. The number of hydrogen-bond acceptors (Lipinski definition) is 4. The molecule has 2 aromatic carbocycles. The minimum absolute atomic E-state index is 0.166. The van der Waals surface area contributed by atoms with Gasteiger partial charge in [-0.25, -0.2) is 4.79 Å². The summed E-state index contributed by atoms with van der Waals surface area (Å²) in [7, 11) is 0. The third-order valence-electron chi connectivity index (χ3n) is 4.80. The summed E-state index contributed by atoms with van der Waals surface area (Å²) < 4.78 is 11.5. The maximum Gasteiger partial charge on any atom is 0.336 e. The molecule has 27 heavy (non-hydrogen) atoms. The molecule has 6 nitrogen and oxygen atoms in total. The van der Waals surface area contributed by atoms with Crippen molar-refractivity contribution < 1.29 is 24.2 Å². The number of anilines is 1. The summed E-state index contributed by atoms with van der Waals surface area (Å²) in [6.45, 7) is 2.92. The van der Waals surface area contributed by atoms with Crippen molar-refractivity contribution in [2.75, 3.05) is 18.5 Å². The van der Waals surface area contributed by atoms with Crippen LogP contribution in [0.3, 0.4) is 0 Å². The number of aryl methyl sites for hydroxylation is 1. The van der Waals surface area contributed by atoms with Gasteiger partial charge in [0.1, 0.15) is 0 Å². The molecule has 0 aromatic heterocycles. The highest BCUT2D eigenvalue weighted by Gasteiger charge is 2.41. The monoisotopic (exact) mass is 369 g/mol. The zero-order valence-corrected chi connectivity index (χ0v) is 15.2. The molecule has 0 atom stereocenters. The number of nitrogens with one attached hydrogen (secondary N) is 1. The highest BCUT2D eigenvalue weighted by molar-refractivity contribution is 5.99. The van der Waals surface area contributed by atoms with Crippen LogP contribution < -0.4 is 5.32 Å². The van der Waals surface area contributed by atoms with Gasteiger partial charge >= 0.3 is 5.97 Å². The quantitative estimate of drug-likeness (QED) is 0.815. The lowest BCUT2D eigenvalue weighted by molar-refractivity contribution is -0.158. The van der Waals surface area contributed by atoms with Crippen molar-refractivity contribution in [3.8, 4) is 0 Å². The summed E-state index contributed by atoms with van der Waals surface area (Å²) in [4.78, 5) is 24.4. The van der Waals surface area contributed by atoms with Gasteiger partial charge in [-0.15, -0.1) is 0 Å². The van der Waals surface area contributed by atoms with E-state index >= 15 is 0 Å². The molecule has 3 rings (SSSR count). The van der Waals surface area contributed by atoms with Gasteiger partial charge in [0.2, 0.25) is 0 Å². The molecule has 1 heterocycles. The number of carboxylic acids is 1. The average Bonchev–Trinajstić information content (AvgIpc) is 2.69. The lowest BCUT2D eigenvalue weighted by atomic mass is 9.92. The summed E-state index contributed by atoms with van der Waals surface area (Å²) in [6, 6.07) is 14.5. The lowest BCUT2D eigenvalue weighted by Gasteiger charge is -2.35. The number of carbonyl (C=O) groups is 2. The molecule has 0 bridgehead atoms. The van der Waals surface area contributed by atoms with Gasteiger partial charge in [0.05, 0.1) is 12.2 Å². The average molecular weight is 369 g/mol. The van der Waals surface area contributed by atoms with Crippen LogP contribution in [0.4, 0.5) is 5.69 Å². The van der Waals surface area contributed by atoms with E-state index < -0.39 is 11.6 Å². The molecular formula is C21H23NO5. The number of ether oxygens (including phenoxy) is 2. The van der Waals surface area contributed by atoms with E-state index in [1.54, 1.807) is 19.1 Å². The van der Waals surface area contributed by atoms with Gasteiger partial charge in [0.15, 0.2) is 5.60 Å². The molecule has 142 valence electrons. The Hall–Kier alpha value is -2.70. The third kappa shape index (κ3) is 4.53. The Morgan fingerprint density at radius 2 is 1.85 bits per heavy atom. The predicted octanol–water partition coefficient (Wildman–Crippen LogP) is 3.40. The van der Waals surface area contributed by atoms with E-state index in [4.69, 9.17) is 9.47 Å². The first kappa shape index (κ1) is 19.1. The van der Waals surface area contributed by atoms with Crippen LogP contribution in [0.5, 0.6) is 0 Å². The molecule has 1 saturated heterocycles. The van der Waals surface area contributed by atoms with Crippen LogP contribution in [0.25, 0.3) is 0 Å². The summed E-state index contributed by atoms with van der Waals surface area (Å²) >= 11 is 0. The zero-order valence-electron chi connectivity index (χ0n) is 15.2. The number of aromatic carboxylic acids is 1. The van der Waals surface area contributed by atoms with E-state index in [2.05, 4.69) is 5.32 Å². The van der Waals surface area contributed by atoms with Crippen molar-refractivity contribution in [2.24, 2.45) is 0 Å². The Kier molecular flexibility index (Phi) is 5.88. The van der Waals surface area contributed by atoms with E-state index in [9.17, 15) is 14.7 Å². The van der Waals surface area contributed by atoms with E-state index in [1.165, 1.54) is 6.07 Å². The van der Waals surface area contributed by atoms with Crippen molar-refractivity contribution in [3.05, 3.63) is 65.2 Å². The Labute approximate surface area is 158 Å². The standard InChI is InChI=1S/C21H23NO5/c1-15-7-8-17(13-18(15)19(23)24)22-20(25)21(9-11-26-12-10-21)27-14-16-5-3-2-4-6-16/h2-8,13H,9-12,14H2,1H3,(H,22,25)(H,23,24). The number of carboxylic acid groups (broad SMARTS) is 1. The molecule has 2 aromatic rings. The number of carbonyl (C=O) groups excluding carboxylic acids is 1. The van der Waals surface area contributed by atoms with Crippen molar-refractivity contribution >= 4 is 17.6 Å². The molecule has 0 spiro atoms. The van der Waals surface area contributed by atoms with E-state index in [-0.39, 0.29) is 11.5 Å². The number of amides is 1. The number of rotatable bonds is 6. The fourth-order valence-corrected chi connectivity index (χ4v) is 3.11. The van der Waals surface area contributed by atoms with Crippen LogP contribution in [0.15, 0.2) is 48.5 Å². The van der Waals surface area contributed by atoms with E-state index in [0.717, 1.165) is 5.56 Å². The Morgan fingerprint density at radius 3 is 2.52 bits per heavy atom. The van der Waals surface area contributed by atoms with Crippen LogP contribution in [0, 0.1) is 6.92 Å². The largest absolute Gasteiger partial charge is 0.478 e. The van der Waals surface area contributed by atoms with E-state index in [0.29, 0.717) is 43.9 Å². The first-order valence-electron chi connectivity index (χ1n) is 8.91. The highest BCUT2D eigenvalue weighted by Crippen LogP contribution is 2.29. The molecule has 1 fully saturated rings. The fraction of sp³-hybridized carbons (Fsp3) is 0.333. The van der Waals surface area contributed by atoms with Gasteiger partial charge in [0, 0.05) is 31.7 Å². The summed E-state index contributed by atoms with van der Waals surface area (Å²) in [5.74, 6) is -1.30. The minimum Gasteiger partial charge on any atom is -0.478 e. The topological polar surface area (TPSA) is 84.9 Å². The van der Waals surface area contributed by atoms with Gasteiger partial charge < -0.3 is 19.9 Å². The molecule has 1 aliphatic rings. The first-order chi connectivity index (χ1) is 13.0. The van der Waals surface area contributed by atoms with Crippen molar-refractivity contribution in [3.63, 3.8) is 0 Å². The highest BCUT2D eigenvalue weighted by atomic mass is 16.5. The van der Waals surface area contributed by atoms with Gasteiger partial charge in [-0.05, 0) is 30.2 Å². The number of hydrogen-bond donors (Lipinski definition) is 2. The van der Waals surface area contributed by atoms with Crippen LogP contribution in [-0.4, -0.2) is 35.8 Å². The second kappa shape index (κ2) is 8.33. The molecular weight excluding hydrogens is 346 g/mol. The summed E-state index contributed by atoms with van der Waals surface area (Å²) in [6.07, 6.45) is 0.895. The lowest BCUT2D eigenvalue weighted by Crippen LogP contribution is -2.49. The predicted molar refractivity (Wildman–Crippen MR) is 101 cm³/mol. The zero-order chi connectivity index (χ0) is 19.3. The molecule has 0 radical (unpaired) electrons. The molecule has 1 amide bonds. The van der Waals surface area contributed by atoms with Gasteiger partial charge in [-0.1, -0.05) is 36.4 Å². The minimum atomic E-state index is -1.02. The molecule has 6 heteroatoms. The molecule has 1 aliphatic heterocycles. The third-order valence-corrected chi connectivity index (χ3v) is 4.80. The summed E-state index contributed by atoms with van der Waals surface area (Å²) in [5.41, 5.74) is 1.24. The Bertz CT molecular complexity index is 813. The van der Waals surface area contributed by atoms with Gasteiger partial charge in [-0.3, -0.25) is 4.79 Å². The molecule has 0 unspecified atom stereocenters. The van der Waals surface area contributed by atoms with Gasteiger partial charge in [-0.2, -0.15) is 0 Å². The van der Waals surface area contributed by atoms with Crippen molar-refractivity contribution in [2.45, 2.75) is 32.0 Å². The maximum atomic E-state index is 13.0. The fourth-order valence-electron chi connectivity index (χ4n) is 3.11. The van der Waals surface area contributed by atoms with Crippen LogP contribution in [-0.2, 0) is 20.9 Å². The SMILES string of the molecule is Cc1ccc(NC(=O)C2(OCc3ccccc3)CCOCC2)cc1C(=O)O. The Balaban J connectivity index is 1.77. The summed E-state index contributed by atoms with van der Waals surface area (Å²) in [5, 5.41) is 12.1. The number of benzene rings is 2. The van der Waals surface area contributed by atoms with E-state index in [1.807, 2.05) is 30.3 Å². The van der Waals surface area contributed by atoms with Gasteiger partial charge in [0.25, 0.3) is 5.91 Å². The normalized spacial score (nSPS) is 15.9. The van der Waals surface area contributed by atoms with Crippen LogP contribution in [0.1, 0.15) is 34.3 Å². The smallest absolute Gasteiger partial charge is 0.336 e. The van der Waals surface area contributed by atoms with Crippen molar-refractivity contribution in [1.29, 1.82) is 0 Å². The van der Waals surface area contributed by atoms with Crippen molar-refractivity contribution in [1.82, 2.24) is 0 Å². The van der Waals surface area contributed by atoms with Crippen LogP contribution >= 0.6 is 0 Å². The molecule has 2 N–H and O–H groups in total. The first-order valence-corrected chi connectivity index (χ1v) is 8.91. The van der Waals surface area contributed by atoms with Crippen LogP contribution in [0.2, 0.25) is 0 Å². The maximum absolute atomic E-state index is 13.0. The second-order valence-corrected chi connectivity index (χ2v) is 6.67. The molecule has 0 aliphatic carbocycles. The Morgan fingerprint density at radius 1 is 1.15 bits per heavy atom. The molecule has 0 saturated carbocycles.